The average Bonchev–Trinajstić information content (AvgIpc) is 2.60. The van der Waals surface area contributed by atoms with Crippen molar-refractivity contribution in [3.8, 4) is 0 Å². The molecule has 0 aliphatic heterocycles. The van der Waals surface area contributed by atoms with E-state index in [2.05, 4.69) is 5.32 Å². The van der Waals surface area contributed by atoms with Crippen LogP contribution in [-0.4, -0.2) is 68.3 Å². The van der Waals surface area contributed by atoms with Crippen LogP contribution in [0.25, 0.3) is 0 Å². The predicted octanol–water partition coefficient (Wildman–Crippen LogP) is 0.704. The number of carboxylic acid groups (broad SMARTS) is 2. The topological polar surface area (TPSA) is 170 Å². The van der Waals surface area contributed by atoms with Crippen LogP contribution < -0.4 is 5.32 Å². The zero-order chi connectivity index (χ0) is 21.4. The predicted molar refractivity (Wildman–Crippen MR) is 96.8 cm³/mol. The number of rotatable bonds is 10. The molecule has 11 nitrogen and oxygen atoms in total. The summed E-state index contributed by atoms with van der Waals surface area (Å²) in [6.07, 6.45) is -1.93. The molecule has 0 aliphatic rings. The maximum absolute atomic E-state index is 12.4. The van der Waals surface area contributed by atoms with E-state index in [1.54, 1.807) is 13.8 Å². The number of non-ortho nitro benzene ring substituents is 1. The van der Waals surface area contributed by atoms with E-state index in [-0.39, 0.29) is 24.6 Å². The van der Waals surface area contributed by atoms with Gasteiger partial charge in [-0.1, -0.05) is 26.0 Å². The van der Waals surface area contributed by atoms with Crippen molar-refractivity contribution in [2.45, 2.75) is 32.4 Å². The summed E-state index contributed by atoms with van der Waals surface area (Å²) in [5.74, 6) is -2.87. The molecule has 2 atom stereocenters. The van der Waals surface area contributed by atoms with Crippen LogP contribution in [0.4, 0.5) is 10.5 Å². The monoisotopic (exact) mass is 397 g/mol. The lowest BCUT2D eigenvalue weighted by Crippen LogP contribution is -2.52. The molecule has 0 saturated heterocycles. The van der Waals surface area contributed by atoms with E-state index >= 15 is 0 Å². The van der Waals surface area contributed by atoms with Crippen molar-refractivity contribution < 1.29 is 34.6 Å². The number of aliphatic hydroxyl groups is 1. The lowest BCUT2D eigenvalue weighted by atomic mass is 10.1. The lowest BCUT2D eigenvalue weighted by Gasteiger charge is -2.27. The van der Waals surface area contributed by atoms with Crippen LogP contribution in [0.1, 0.15) is 19.4 Å². The van der Waals surface area contributed by atoms with E-state index in [4.69, 9.17) is 5.11 Å². The Labute approximate surface area is 160 Å². The van der Waals surface area contributed by atoms with Crippen molar-refractivity contribution in [1.82, 2.24) is 10.2 Å². The second-order valence-corrected chi connectivity index (χ2v) is 6.62. The largest absolute Gasteiger partial charge is 0.480 e. The number of benzene rings is 1. The molecule has 0 saturated carbocycles. The number of aliphatic hydroxyl groups excluding tert-OH is 1. The summed E-state index contributed by atoms with van der Waals surface area (Å²) in [4.78, 5) is 45.9. The molecule has 2 amide bonds. The van der Waals surface area contributed by atoms with Gasteiger partial charge >= 0.3 is 18.0 Å². The van der Waals surface area contributed by atoms with Crippen molar-refractivity contribution in [1.29, 1.82) is 0 Å². The Morgan fingerprint density at radius 3 is 2.11 bits per heavy atom. The highest BCUT2D eigenvalue weighted by atomic mass is 16.6. The summed E-state index contributed by atoms with van der Waals surface area (Å²) in [5.41, 5.74) is 0.310. The highest BCUT2D eigenvalue weighted by Gasteiger charge is 2.27. The molecule has 28 heavy (non-hydrogen) atoms. The van der Waals surface area contributed by atoms with Gasteiger partial charge in [0.2, 0.25) is 0 Å². The molecule has 0 fully saturated rings. The number of carbonyl (C=O) groups is 3. The Balaban J connectivity index is 2.88. The van der Waals surface area contributed by atoms with Crippen molar-refractivity contribution in [2.24, 2.45) is 5.92 Å². The second-order valence-electron chi connectivity index (χ2n) is 6.62. The molecule has 1 aromatic carbocycles. The van der Waals surface area contributed by atoms with Gasteiger partial charge in [0, 0.05) is 25.1 Å². The number of hydrogen-bond donors (Lipinski definition) is 4. The molecular weight excluding hydrogens is 374 g/mol. The van der Waals surface area contributed by atoms with Crippen LogP contribution >= 0.6 is 0 Å². The Bertz CT molecular complexity index is 720. The molecule has 1 rings (SSSR count). The summed E-state index contributed by atoms with van der Waals surface area (Å²) < 4.78 is 0. The highest BCUT2D eigenvalue weighted by molar-refractivity contribution is 5.83. The number of nitro groups is 1. The molecule has 0 radical (unpaired) electrons. The molecule has 4 N–H and O–H groups in total. The third-order valence-corrected chi connectivity index (χ3v) is 3.73. The number of carboxylic acids is 2. The first kappa shape index (κ1) is 22.8. The van der Waals surface area contributed by atoms with Crippen molar-refractivity contribution in [2.75, 3.05) is 13.1 Å². The second kappa shape index (κ2) is 10.2. The normalized spacial score (nSPS) is 12.9. The third kappa shape index (κ3) is 7.19. The summed E-state index contributed by atoms with van der Waals surface area (Å²) in [5, 5.41) is 40.7. The fourth-order valence-corrected chi connectivity index (χ4v) is 2.40. The highest BCUT2D eigenvalue weighted by Crippen LogP contribution is 2.13. The quantitative estimate of drug-likeness (QED) is 0.330. The zero-order valence-corrected chi connectivity index (χ0v) is 15.4. The van der Waals surface area contributed by atoms with E-state index in [1.165, 1.54) is 24.3 Å². The van der Waals surface area contributed by atoms with Gasteiger partial charge in [-0.15, -0.1) is 0 Å². The molecule has 1 unspecified atom stereocenters. The fraction of sp³-hybridized carbons (Fsp3) is 0.471. The molecule has 0 bridgehead atoms. The minimum Gasteiger partial charge on any atom is -0.480 e. The number of hydrogen-bond acceptors (Lipinski definition) is 6. The van der Waals surface area contributed by atoms with Crippen molar-refractivity contribution in [3.63, 3.8) is 0 Å². The maximum Gasteiger partial charge on any atom is 0.334 e. The molecule has 11 heteroatoms. The average molecular weight is 397 g/mol. The van der Waals surface area contributed by atoms with Crippen LogP contribution in [0.15, 0.2) is 24.3 Å². The number of nitrogens with zero attached hydrogens (tertiary/aromatic N) is 2. The van der Waals surface area contributed by atoms with E-state index < -0.39 is 41.6 Å². The van der Waals surface area contributed by atoms with Gasteiger partial charge < -0.3 is 25.5 Å². The van der Waals surface area contributed by atoms with Crippen LogP contribution in [0.5, 0.6) is 0 Å². The number of urea groups is 1. The van der Waals surface area contributed by atoms with Crippen molar-refractivity contribution in [3.05, 3.63) is 39.9 Å². The fourth-order valence-electron chi connectivity index (χ4n) is 2.40. The van der Waals surface area contributed by atoms with Crippen LogP contribution in [0.2, 0.25) is 0 Å². The van der Waals surface area contributed by atoms with E-state index in [0.29, 0.717) is 5.56 Å². The van der Waals surface area contributed by atoms with E-state index in [1.807, 2.05) is 0 Å². The number of amides is 2. The van der Waals surface area contributed by atoms with E-state index in [9.17, 15) is 34.7 Å². The third-order valence-electron chi connectivity index (χ3n) is 3.73. The summed E-state index contributed by atoms with van der Waals surface area (Å²) in [6.45, 7) is 3.17. The van der Waals surface area contributed by atoms with Gasteiger partial charge in [0.15, 0.2) is 6.10 Å². The van der Waals surface area contributed by atoms with Crippen LogP contribution in [-0.2, 0) is 16.0 Å². The smallest absolute Gasteiger partial charge is 0.334 e. The zero-order valence-electron chi connectivity index (χ0n) is 15.4. The Hall–Kier alpha value is -3.21. The first-order valence-corrected chi connectivity index (χ1v) is 8.43. The first-order chi connectivity index (χ1) is 13.0. The Morgan fingerprint density at radius 1 is 1.11 bits per heavy atom. The molecular formula is C17H23N3O8. The Kier molecular flexibility index (Phi) is 8.32. The van der Waals surface area contributed by atoms with Gasteiger partial charge in [-0.05, 0) is 11.5 Å². The van der Waals surface area contributed by atoms with Crippen LogP contribution in [0.3, 0.4) is 0 Å². The number of aliphatic carboxylic acids is 2. The molecule has 0 spiro atoms. The number of nitro benzene ring substituents is 1. The maximum atomic E-state index is 12.4. The van der Waals surface area contributed by atoms with Gasteiger partial charge in [0.1, 0.15) is 6.04 Å². The van der Waals surface area contributed by atoms with Gasteiger partial charge in [-0.2, -0.15) is 0 Å². The van der Waals surface area contributed by atoms with Gasteiger partial charge in [0.25, 0.3) is 5.69 Å². The molecule has 1 aromatic rings. The van der Waals surface area contributed by atoms with Gasteiger partial charge in [-0.3, -0.25) is 10.1 Å². The standard InChI is InChI=1S/C17H23N3O8/c1-10(2)8-19(9-14(21)16(24)25)17(26)18-13(15(22)23)7-11-3-5-12(6-4-11)20(27)28/h3-6,10,13-14,21H,7-9H2,1-2H3,(H,18,26)(H,22,23)(H,24,25)/t13-,14?/m0/s1. The number of carbonyl (C=O) groups excluding carboxylic acids is 1. The first-order valence-electron chi connectivity index (χ1n) is 8.43. The number of nitrogens with one attached hydrogen (secondary N) is 1. The SMILES string of the molecule is CC(C)CN(CC(O)C(=O)O)C(=O)N[C@@H](Cc1ccc([N+](=O)[O-])cc1)C(=O)O. The van der Waals surface area contributed by atoms with Gasteiger partial charge in [0.05, 0.1) is 11.5 Å². The Morgan fingerprint density at radius 2 is 1.68 bits per heavy atom. The van der Waals surface area contributed by atoms with E-state index in [0.717, 1.165) is 4.90 Å². The summed E-state index contributed by atoms with van der Waals surface area (Å²) >= 11 is 0. The molecule has 0 aliphatic carbocycles. The van der Waals surface area contributed by atoms with Crippen molar-refractivity contribution >= 4 is 23.7 Å². The lowest BCUT2D eigenvalue weighted by molar-refractivity contribution is -0.384. The molecule has 0 aromatic heterocycles. The molecule has 154 valence electrons. The van der Waals surface area contributed by atoms with Crippen LogP contribution in [0, 0.1) is 16.0 Å². The summed E-state index contributed by atoms with van der Waals surface area (Å²) in [6, 6.07) is 3.06. The molecule has 0 heterocycles. The minimum atomic E-state index is -1.80. The van der Waals surface area contributed by atoms with Gasteiger partial charge in [-0.25, -0.2) is 14.4 Å². The summed E-state index contributed by atoms with van der Waals surface area (Å²) in [7, 11) is 0. The minimum absolute atomic E-state index is 0.0512.